The molecule has 0 aromatic carbocycles. The van der Waals surface area contributed by atoms with Crippen molar-refractivity contribution in [1.82, 2.24) is 15.5 Å². The molecule has 3 rings (SSSR count). The normalized spacial score (nSPS) is 35.4. The van der Waals surface area contributed by atoms with Crippen molar-refractivity contribution >= 4 is 29.5 Å². The van der Waals surface area contributed by atoms with Crippen LogP contribution >= 0.6 is 11.8 Å². The summed E-state index contributed by atoms with van der Waals surface area (Å²) in [6.07, 6.45) is 4.69. The van der Waals surface area contributed by atoms with Crippen LogP contribution in [0.4, 0.5) is 0 Å². The Morgan fingerprint density at radius 3 is 2.53 bits per heavy atom. The number of hydrogen-bond acceptors (Lipinski definition) is 5. The number of likely N-dealkylation sites (tertiary alicyclic amines) is 1. The Bertz CT molecular complexity index is 675. The summed E-state index contributed by atoms with van der Waals surface area (Å²) in [6.45, 7) is 8.98. The van der Waals surface area contributed by atoms with Crippen LogP contribution in [0.25, 0.3) is 0 Å². The highest BCUT2D eigenvalue weighted by molar-refractivity contribution is 8.02. The van der Waals surface area contributed by atoms with E-state index in [1.807, 2.05) is 6.92 Å². The fraction of sp³-hybridized carbons (Fsp3) is 0.864. The molecule has 0 aliphatic carbocycles. The van der Waals surface area contributed by atoms with Gasteiger partial charge in [-0.05, 0) is 32.1 Å². The fourth-order valence-corrected chi connectivity index (χ4v) is 8.08. The predicted octanol–water partition coefficient (Wildman–Crippen LogP) is 1.54. The van der Waals surface area contributed by atoms with E-state index in [0.717, 1.165) is 32.1 Å². The van der Waals surface area contributed by atoms with E-state index in [-0.39, 0.29) is 35.5 Å². The number of rotatable bonds is 10. The van der Waals surface area contributed by atoms with Crippen LogP contribution in [0, 0.1) is 17.8 Å². The molecule has 0 aromatic rings. The SMILES string of the molecule is CCCCCNC(=O)C1N([C@H](C)CO)C(=O)[C@@H]2[C@@H](C(=O)NCCC)[C@H]3CC(C)C12S3. The number of carbonyl (C=O) groups is 3. The molecule has 7 nitrogen and oxygen atoms in total. The summed E-state index contributed by atoms with van der Waals surface area (Å²) in [6, 6.07) is -1.11. The fourth-order valence-electron chi connectivity index (χ4n) is 5.67. The molecule has 3 aliphatic heterocycles. The second kappa shape index (κ2) is 9.47. The van der Waals surface area contributed by atoms with Crippen LogP contribution < -0.4 is 10.6 Å². The second-order valence-electron chi connectivity index (χ2n) is 9.12. The summed E-state index contributed by atoms with van der Waals surface area (Å²) >= 11 is 1.68. The van der Waals surface area contributed by atoms with Crippen molar-refractivity contribution in [1.29, 1.82) is 0 Å². The molecule has 3 aliphatic rings. The summed E-state index contributed by atoms with van der Waals surface area (Å²) in [5.74, 6) is -1.12. The minimum atomic E-state index is -0.646. The third kappa shape index (κ3) is 3.64. The van der Waals surface area contributed by atoms with Gasteiger partial charge in [0.2, 0.25) is 17.7 Å². The van der Waals surface area contributed by atoms with Gasteiger partial charge < -0.3 is 20.6 Å². The highest BCUT2D eigenvalue weighted by atomic mass is 32.2. The van der Waals surface area contributed by atoms with E-state index in [1.165, 1.54) is 0 Å². The van der Waals surface area contributed by atoms with Crippen LogP contribution in [0.1, 0.15) is 59.8 Å². The number of aliphatic hydroxyl groups excluding tert-OH is 1. The third-order valence-corrected chi connectivity index (χ3v) is 9.18. The first-order valence-electron chi connectivity index (χ1n) is 11.5. The number of carbonyl (C=O) groups excluding carboxylic acids is 3. The van der Waals surface area contributed by atoms with E-state index < -0.39 is 28.7 Å². The number of unbranched alkanes of at least 4 members (excludes halogenated alkanes) is 2. The average Bonchev–Trinajstić information content (AvgIpc) is 3.32. The van der Waals surface area contributed by atoms with E-state index in [4.69, 9.17) is 0 Å². The van der Waals surface area contributed by atoms with Crippen LogP contribution in [-0.4, -0.2) is 69.5 Å². The van der Waals surface area contributed by atoms with Crippen LogP contribution in [0.3, 0.4) is 0 Å². The Labute approximate surface area is 184 Å². The minimum absolute atomic E-state index is 0.0628. The molecule has 30 heavy (non-hydrogen) atoms. The first kappa shape index (κ1) is 23.4. The summed E-state index contributed by atoms with van der Waals surface area (Å²) in [4.78, 5) is 41.6. The number of aliphatic hydroxyl groups is 1. The Hall–Kier alpha value is -1.28. The molecule has 3 unspecified atom stereocenters. The van der Waals surface area contributed by atoms with Gasteiger partial charge >= 0.3 is 0 Å². The van der Waals surface area contributed by atoms with Gasteiger partial charge in [-0.1, -0.05) is 33.6 Å². The van der Waals surface area contributed by atoms with Gasteiger partial charge in [-0.15, -0.1) is 11.8 Å². The molecule has 0 saturated carbocycles. The monoisotopic (exact) mass is 439 g/mol. The number of amides is 3. The molecule has 3 heterocycles. The number of nitrogens with zero attached hydrogens (tertiary/aromatic N) is 1. The van der Waals surface area contributed by atoms with Gasteiger partial charge in [0.25, 0.3) is 0 Å². The largest absolute Gasteiger partial charge is 0.394 e. The Balaban J connectivity index is 1.94. The van der Waals surface area contributed by atoms with Crippen molar-refractivity contribution in [2.24, 2.45) is 17.8 Å². The Morgan fingerprint density at radius 1 is 1.20 bits per heavy atom. The minimum Gasteiger partial charge on any atom is -0.394 e. The van der Waals surface area contributed by atoms with E-state index in [0.29, 0.717) is 13.1 Å². The molecule has 2 bridgehead atoms. The molecule has 0 radical (unpaired) electrons. The topological polar surface area (TPSA) is 98.7 Å². The van der Waals surface area contributed by atoms with Crippen LogP contribution in [-0.2, 0) is 14.4 Å². The zero-order valence-electron chi connectivity index (χ0n) is 18.6. The van der Waals surface area contributed by atoms with Gasteiger partial charge in [0.15, 0.2) is 0 Å². The highest BCUT2D eigenvalue weighted by Crippen LogP contribution is 2.68. The molecular weight excluding hydrogens is 402 g/mol. The lowest BCUT2D eigenvalue weighted by atomic mass is 9.66. The van der Waals surface area contributed by atoms with Gasteiger partial charge in [0, 0.05) is 18.3 Å². The number of fused-ring (bicyclic) bond motifs is 1. The number of thioether (sulfide) groups is 1. The maximum Gasteiger partial charge on any atom is 0.244 e. The molecule has 170 valence electrons. The van der Waals surface area contributed by atoms with E-state index >= 15 is 0 Å². The molecule has 8 heteroatoms. The highest BCUT2D eigenvalue weighted by Gasteiger charge is 2.76. The maximum atomic E-state index is 13.6. The molecule has 3 fully saturated rings. The lowest BCUT2D eigenvalue weighted by Crippen LogP contribution is -2.58. The van der Waals surface area contributed by atoms with Gasteiger partial charge in [0.1, 0.15) is 6.04 Å². The first-order chi connectivity index (χ1) is 14.3. The Morgan fingerprint density at radius 2 is 1.90 bits per heavy atom. The van der Waals surface area contributed by atoms with Gasteiger partial charge in [-0.25, -0.2) is 0 Å². The number of nitrogens with one attached hydrogen (secondary N) is 2. The van der Waals surface area contributed by atoms with E-state index in [1.54, 1.807) is 23.6 Å². The lowest BCUT2D eigenvalue weighted by Gasteiger charge is -2.39. The van der Waals surface area contributed by atoms with Crippen molar-refractivity contribution in [2.45, 2.75) is 81.9 Å². The zero-order valence-corrected chi connectivity index (χ0v) is 19.5. The lowest BCUT2D eigenvalue weighted by molar-refractivity contribution is -0.142. The van der Waals surface area contributed by atoms with E-state index in [9.17, 15) is 19.5 Å². The summed E-state index contributed by atoms with van der Waals surface area (Å²) in [5.41, 5.74) is 0. The summed E-state index contributed by atoms with van der Waals surface area (Å²) < 4.78 is -0.603. The number of hydrogen-bond donors (Lipinski definition) is 3. The summed E-state index contributed by atoms with van der Waals surface area (Å²) in [5, 5.41) is 15.9. The van der Waals surface area contributed by atoms with Crippen molar-refractivity contribution < 1.29 is 19.5 Å². The third-order valence-electron chi connectivity index (χ3n) is 7.10. The van der Waals surface area contributed by atoms with E-state index in [2.05, 4.69) is 24.5 Å². The second-order valence-corrected chi connectivity index (χ2v) is 10.7. The van der Waals surface area contributed by atoms with Gasteiger partial charge in [-0.2, -0.15) is 0 Å². The average molecular weight is 440 g/mol. The molecule has 7 atom stereocenters. The molecule has 1 spiro atoms. The smallest absolute Gasteiger partial charge is 0.244 e. The van der Waals surface area contributed by atoms with Crippen LogP contribution in [0.15, 0.2) is 0 Å². The standard InChI is InChI=1S/C22H37N3O4S/c1-5-7-8-10-24-20(28)18-22-13(3)11-15(30-22)16(19(27)23-9-6-2)17(22)21(29)25(18)14(4)12-26/h13-18,26H,5-12H2,1-4H3,(H,23,27)(H,24,28)/t13?,14-,15-,16+,17+,18?,22?/m1/s1. The van der Waals surface area contributed by atoms with Crippen molar-refractivity contribution in [3.8, 4) is 0 Å². The molecule has 3 saturated heterocycles. The molecule has 0 aromatic heterocycles. The van der Waals surface area contributed by atoms with Crippen molar-refractivity contribution in [2.75, 3.05) is 19.7 Å². The molecule has 3 N–H and O–H groups in total. The van der Waals surface area contributed by atoms with Crippen molar-refractivity contribution in [3.05, 3.63) is 0 Å². The quantitative estimate of drug-likeness (QED) is 0.449. The Kier molecular flexibility index (Phi) is 7.38. The first-order valence-corrected chi connectivity index (χ1v) is 12.4. The van der Waals surface area contributed by atoms with Crippen molar-refractivity contribution in [3.63, 3.8) is 0 Å². The summed E-state index contributed by atoms with van der Waals surface area (Å²) in [7, 11) is 0. The van der Waals surface area contributed by atoms with Crippen LogP contribution in [0.2, 0.25) is 0 Å². The maximum absolute atomic E-state index is 13.6. The van der Waals surface area contributed by atoms with Gasteiger partial charge in [0.05, 0.1) is 29.2 Å². The molecular formula is C22H37N3O4S. The van der Waals surface area contributed by atoms with Crippen LogP contribution in [0.5, 0.6) is 0 Å². The molecule has 3 amide bonds. The zero-order chi connectivity index (χ0) is 22.1. The predicted molar refractivity (Wildman–Crippen MR) is 118 cm³/mol. The van der Waals surface area contributed by atoms with Gasteiger partial charge in [-0.3, -0.25) is 14.4 Å².